The van der Waals surface area contributed by atoms with Crippen LogP contribution < -0.4 is 0 Å². The molecule has 0 atom stereocenters. The fourth-order valence-corrected chi connectivity index (χ4v) is 4.10. The van der Waals surface area contributed by atoms with Crippen LogP contribution in [0.2, 0.25) is 0 Å². The van der Waals surface area contributed by atoms with Gasteiger partial charge in [0.15, 0.2) is 4.96 Å². The van der Waals surface area contributed by atoms with Gasteiger partial charge in [-0.3, -0.25) is 4.40 Å². The molecule has 0 saturated carbocycles. The van der Waals surface area contributed by atoms with Crippen LogP contribution in [0.4, 0.5) is 0 Å². The molecule has 1 aliphatic carbocycles. The summed E-state index contributed by atoms with van der Waals surface area (Å²) in [6, 6.07) is 8.75. The van der Waals surface area contributed by atoms with E-state index < -0.39 is 0 Å². The summed E-state index contributed by atoms with van der Waals surface area (Å²) in [5, 5.41) is 0. The standard InChI is InChI=1S/C16H16N2S.BrH/c1-11-6-8-12(9-7-11)14-10-17-16-18(14)13-4-2-3-5-15(13)19-16;/h6-10H,2-5H2,1H3;1H. The Hall–Kier alpha value is -1.13. The van der Waals surface area contributed by atoms with E-state index in [-0.39, 0.29) is 17.0 Å². The Morgan fingerprint density at radius 2 is 1.85 bits per heavy atom. The lowest BCUT2D eigenvalue weighted by molar-refractivity contribution is 0.675. The molecule has 4 heteroatoms. The number of aryl methyl sites for hydroxylation is 3. The van der Waals surface area contributed by atoms with Crippen LogP contribution in [0, 0.1) is 6.92 Å². The lowest BCUT2D eigenvalue weighted by Gasteiger charge is -2.11. The van der Waals surface area contributed by atoms with Crippen LogP contribution in [0.5, 0.6) is 0 Å². The number of thiazole rings is 1. The van der Waals surface area contributed by atoms with Crippen LogP contribution in [0.3, 0.4) is 0 Å². The summed E-state index contributed by atoms with van der Waals surface area (Å²) in [7, 11) is 0. The highest BCUT2D eigenvalue weighted by Gasteiger charge is 2.19. The van der Waals surface area contributed by atoms with Gasteiger partial charge in [-0.15, -0.1) is 28.3 Å². The van der Waals surface area contributed by atoms with Gasteiger partial charge in [-0.1, -0.05) is 29.8 Å². The van der Waals surface area contributed by atoms with Crippen molar-refractivity contribution in [1.82, 2.24) is 9.38 Å². The molecular formula is C16H17BrN2S. The molecule has 0 bridgehead atoms. The van der Waals surface area contributed by atoms with Crippen molar-refractivity contribution in [1.29, 1.82) is 0 Å². The third-order valence-electron chi connectivity index (χ3n) is 3.95. The molecule has 2 nitrogen and oxygen atoms in total. The first-order valence-electron chi connectivity index (χ1n) is 6.88. The molecule has 0 aliphatic heterocycles. The van der Waals surface area contributed by atoms with Gasteiger partial charge in [-0.25, -0.2) is 4.98 Å². The number of hydrogen-bond donors (Lipinski definition) is 0. The van der Waals surface area contributed by atoms with Gasteiger partial charge >= 0.3 is 0 Å². The maximum atomic E-state index is 4.60. The van der Waals surface area contributed by atoms with Crippen molar-refractivity contribution in [2.75, 3.05) is 0 Å². The third-order valence-corrected chi connectivity index (χ3v) is 5.11. The van der Waals surface area contributed by atoms with E-state index in [1.165, 1.54) is 48.2 Å². The Morgan fingerprint density at radius 1 is 1.10 bits per heavy atom. The zero-order valence-electron chi connectivity index (χ0n) is 11.4. The summed E-state index contributed by atoms with van der Waals surface area (Å²) in [4.78, 5) is 7.30. The second-order valence-corrected chi connectivity index (χ2v) is 6.37. The number of halogens is 1. The fourth-order valence-electron chi connectivity index (χ4n) is 2.91. The molecule has 20 heavy (non-hydrogen) atoms. The molecule has 0 fully saturated rings. The van der Waals surface area contributed by atoms with Crippen LogP contribution in [-0.2, 0) is 12.8 Å². The Labute approximate surface area is 133 Å². The van der Waals surface area contributed by atoms with E-state index in [0.717, 1.165) is 4.96 Å². The molecule has 0 saturated heterocycles. The highest BCUT2D eigenvalue weighted by Crippen LogP contribution is 2.33. The zero-order valence-corrected chi connectivity index (χ0v) is 14.0. The summed E-state index contributed by atoms with van der Waals surface area (Å²) in [6.07, 6.45) is 7.09. The first kappa shape index (κ1) is 13.8. The molecule has 0 spiro atoms. The summed E-state index contributed by atoms with van der Waals surface area (Å²) in [5.41, 5.74) is 5.31. The number of imidazole rings is 1. The van der Waals surface area contributed by atoms with E-state index in [0.29, 0.717) is 0 Å². The van der Waals surface area contributed by atoms with Crippen LogP contribution in [-0.4, -0.2) is 9.38 Å². The summed E-state index contributed by atoms with van der Waals surface area (Å²) < 4.78 is 2.38. The minimum atomic E-state index is 0. The van der Waals surface area contributed by atoms with Crippen LogP contribution in [0.1, 0.15) is 29.0 Å². The van der Waals surface area contributed by atoms with Crippen molar-refractivity contribution in [3.8, 4) is 11.3 Å². The second kappa shape index (κ2) is 5.34. The Bertz CT molecular complexity index is 740. The average Bonchev–Trinajstić information content (AvgIpc) is 2.98. The number of benzene rings is 1. The Morgan fingerprint density at radius 3 is 2.65 bits per heavy atom. The van der Waals surface area contributed by atoms with Gasteiger partial charge in [-0.05, 0) is 32.6 Å². The first-order chi connectivity index (χ1) is 9.33. The van der Waals surface area contributed by atoms with E-state index in [9.17, 15) is 0 Å². The van der Waals surface area contributed by atoms with E-state index in [1.54, 1.807) is 4.88 Å². The van der Waals surface area contributed by atoms with Gasteiger partial charge in [0, 0.05) is 16.1 Å². The SMILES string of the molecule is Br.Cc1ccc(-c2cnc3sc4c(n23)CCCC4)cc1. The number of hydrogen-bond acceptors (Lipinski definition) is 2. The van der Waals surface area contributed by atoms with Crippen molar-refractivity contribution in [2.24, 2.45) is 0 Å². The maximum Gasteiger partial charge on any atom is 0.194 e. The summed E-state index contributed by atoms with van der Waals surface area (Å²) in [6.45, 7) is 2.13. The minimum Gasteiger partial charge on any atom is -0.287 e. The summed E-state index contributed by atoms with van der Waals surface area (Å²) >= 11 is 1.87. The molecule has 1 aromatic carbocycles. The van der Waals surface area contributed by atoms with Crippen molar-refractivity contribution in [3.63, 3.8) is 0 Å². The highest BCUT2D eigenvalue weighted by molar-refractivity contribution is 8.93. The predicted octanol–water partition coefficient (Wildman–Crippen LogP) is 4.83. The van der Waals surface area contributed by atoms with Crippen molar-refractivity contribution >= 4 is 33.3 Å². The van der Waals surface area contributed by atoms with Gasteiger partial charge in [-0.2, -0.15) is 0 Å². The Kier molecular flexibility index (Phi) is 3.69. The summed E-state index contributed by atoms with van der Waals surface area (Å²) in [5.74, 6) is 0. The van der Waals surface area contributed by atoms with E-state index in [2.05, 4.69) is 40.6 Å². The highest BCUT2D eigenvalue weighted by atomic mass is 79.9. The first-order valence-corrected chi connectivity index (χ1v) is 7.69. The number of fused-ring (bicyclic) bond motifs is 3. The molecule has 2 aromatic heterocycles. The molecule has 0 N–H and O–H groups in total. The zero-order chi connectivity index (χ0) is 12.8. The lowest BCUT2D eigenvalue weighted by Crippen LogP contribution is -2.03. The minimum absolute atomic E-state index is 0. The van der Waals surface area contributed by atoms with Crippen molar-refractivity contribution in [2.45, 2.75) is 32.6 Å². The molecule has 2 heterocycles. The maximum absolute atomic E-state index is 4.60. The molecule has 104 valence electrons. The molecule has 4 rings (SSSR count). The van der Waals surface area contributed by atoms with Crippen molar-refractivity contribution in [3.05, 3.63) is 46.6 Å². The quantitative estimate of drug-likeness (QED) is 0.615. The molecule has 0 unspecified atom stereocenters. The van der Waals surface area contributed by atoms with Crippen LogP contribution in [0.15, 0.2) is 30.5 Å². The Balaban J connectivity index is 0.00000121. The predicted molar refractivity (Wildman–Crippen MR) is 90.2 cm³/mol. The lowest BCUT2D eigenvalue weighted by atomic mass is 10.0. The van der Waals surface area contributed by atoms with Gasteiger partial charge in [0.05, 0.1) is 11.9 Å². The number of aromatic nitrogens is 2. The van der Waals surface area contributed by atoms with Gasteiger partial charge in [0.25, 0.3) is 0 Å². The van der Waals surface area contributed by atoms with Crippen LogP contribution >= 0.6 is 28.3 Å². The molecule has 0 radical (unpaired) electrons. The van der Waals surface area contributed by atoms with E-state index in [4.69, 9.17) is 0 Å². The van der Waals surface area contributed by atoms with E-state index in [1.807, 2.05) is 17.5 Å². The largest absolute Gasteiger partial charge is 0.287 e. The average molecular weight is 349 g/mol. The van der Waals surface area contributed by atoms with Gasteiger partial charge < -0.3 is 0 Å². The van der Waals surface area contributed by atoms with Gasteiger partial charge in [0.1, 0.15) is 0 Å². The molecular weight excluding hydrogens is 332 g/mol. The molecule has 3 aromatic rings. The van der Waals surface area contributed by atoms with Crippen molar-refractivity contribution < 1.29 is 0 Å². The fraction of sp³-hybridized carbons (Fsp3) is 0.312. The second-order valence-electron chi connectivity index (χ2n) is 5.31. The number of rotatable bonds is 1. The van der Waals surface area contributed by atoms with Gasteiger partial charge in [0.2, 0.25) is 0 Å². The third kappa shape index (κ3) is 2.11. The smallest absolute Gasteiger partial charge is 0.194 e. The molecule has 0 amide bonds. The topological polar surface area (TPSA) is 17.3 Å². The molecule has 1 aliphatic rings. The normalized spacial score (nSPS) is 14.1. The monoisotopic (exact) mass is 348 g/mol. The number of nitrogens with zero attached hydrogens (tertiary/aromatic N) is 2. The van der Waals surface area contributed by atoms with E-state index >= 15 is 0 Å². The van der Waals surface area contributed by atoms with Crippen LogP contribution in [0.25, 0.3) is 16.2 Å².